The number of hydrogen-bond acceptors (Lipinski definition) is 6. The SMILES string of the molecule is CSCn1cc(-c2cc(C#N)c(N3CCN(C(=O)C4CC4)C(C4CC4)C3)nc2C2CC2)cn1. The fourth-order valence-electron chi connectivity index (χ4n) is 5.17. The molecule has 1 unspecified atom stereocenters. The average Bonchev–Trinajstić information content (AvgIpc) is 3.70. The van der Waals surface area contributed by atoms with Gasteiger partial charge in [0.2, 0.25) is 5.91 Å². The largest absolute Gasteiger partial charge is 0.352 e. The third kappa shape index (κ3) is 4.12. The highest BCUT2D eigenvalue weighted by Gasteiger charge is 2.45. The molecule has 4 aliphatic rings. The molecule has 33 heavy (non-hydrogen) atoms. The minimum atomic E-state index is 0.258. The van der Waals surface area contributed by atoms with Crippen molar-refractivity contribution in [1.82, 2.24) is 19.7 Å². The topological polar surface area (TPSA) is 78.0 Å². The van der Waals surface area contributed by atoms with E-state index in [2.05, 4.69) is 33.4 Å². The van der Waals surface area contributed by atoms with Crippen LogP contribution in [0.2, 0.25) is 0 Å². The molecule has 4 fully saturated rings. The summed E-state index contributed by atoms with van der Waals surface area (Å²) in [5, 5.41) is 14.5. The first kappa shape index (κ1) is 21.0. The van der Waals surface area contributed by atoms with E-state index < -0.39 is 0 Å². The Bertz CT molecular complexity index is 1110. The lowest BCUT2D eigenvalue weighted by atomic mass is 10.0. The zero-order valence-corrected chi connectivity index (χ0v) is 19.9. The van der Waals surface area contributed by atoms with Gasteiger partial charge in [0, 0.05) is 48.8 Å². The van der Waals surface area contributed by atoms with Crippen LogP contribution in [0.1, 0.15) is 55.7 Å². The van der Waals surface area contributed by atoms with Gasteiger partial charge in [0.05, 0.1) is 29.4 Å². The van der Waals surface area contributed by atoms with E-state index in [9.17, 15) is 10.1 Å². The Kier molecular flexibility index (Phi) is 5.33. The molecule has 1 saturated heterocycles. The van der Waals surface area contributed by atoms with Gasteiger partial charge in [0.25, 0.3) is 0 Å². The number of carbonyl (C=O) groups excluding carboxylic acids is 1. The van der Waals surface area contributed by atoms with E-state index in [1.54, 1.807) is 11.8 Å². The number of nitrogens with zero attached hydrogens (tertiary/aromatic N) is 6. The van der Waals surface area contributed by atoms with Crippen LogP contribution in [-0.2, 0) is 10.7 Å². The van der Waals surface area contributed by atoms with E-state index >= 15 is 0 Å². The first-order chi connectivity index (χ1) is 16.2. The maximum absolute atomic E-state index is 12.9. The van der Waals surface area contributed by atoms with E-state index in [1.165, 1.54) is 12.8 Å². The van der Waals surface area contributed by atoms with E-state index in [-0.39, 0.29) is 12.0 Å². The van der Waals surface area contributed by atoms with E-state index in [0.29, 0.717) is 23.3 Å². The van der Waals surface area contributed by atoms with Crippen LogP contribution in [0.3, 0.4) is 0 Å². The summed E-state index contributed by atoms with van der Waals surface area (Å²) in [5.74, 6) is 3.30. The summed E-state index contributed by atoms with van der Waals surface area (Å²) in [6.45, 7) is 2.28. The number of anilines is 1. The first-order valence-electron chi connectivity index (χ1n) is 12.2. The van der Waals surface area contributed by atoms with Gasteiger partial charge in [-0.05, 0) is 56.8 Å². The van der Waals surface area contributed by atoms with Crippen LogP contribution < -0.4 is 4.90 Å². The van der Waals surface area contributed by atoms with Crippen LogP contribution in [0.15, 0.2) is 18.5 Å². The molecule has 1 aliphatic heterocycles. The molecule has 0 bridgehead atoms. The third-order valence-corrected chi connectivity index (χ3v) is 7.94. The number of thioether (sulfide) groups is 1. The van der Waals surface area contributed by atoms with Crippen molar-refractivity contribution in [3.05, 3.63) is 29.7 Å². The van der Waals surface area contributed by atoms with Crippen LogP contribution in [0.25, 0.3) is 11.1 Å². The van der Waals surface area contributed by atoms with Gasteiger partial charge in [0.1, 0.15) is 11.9 Å². The minimum absolute atomic E-state index is 0.258. The number of rotatable bonds is 7. The second-order valence-corrected chi connectivity index (χ2v) is 10.9. The van der Waals surface area contributed by atoms with Gasteiger partial charge in [-0.3, -0.25) is 9.48 Å². The quantitative estimate of drug-likeness (QED) is 0.622. The van der Waals surface area contributed by atoms with Crippen molar-refractivity contribution < 1.29 is 4.79 Å². The first-order valence-corrected chi connectivity index (χ1v) is 13.6. The second kappa shape index (κ2) is 8.35. The molecule has 3 heterocycles. The highest BCUT2D eigenvalue weighted by Crippen LogP contribution is 2.46. The highest BCUT2D eigenvalue weighted by atomic mass is 32.2. The summed E-state index contributed by atoms with van der Waals surface area (Å²) in [7, 11) is 0. The van der Waals surface area contributed by atoms with Crippen LogP contribution in [0, 0.1) is 23.2 Å². The van der Waals surface area contributed by atoms with Crippen LogP contribution in [0.4, 0.5) is 5.82 Å². The zero-order chi connectivity index (χ0) is 22.5. The predicted octanol–water partition coefficient (Wildman–Crippen LogP) is 3.85. The molecule has 1 amide bonds. The highest BCUT2D eigenvalue weighted by molar-refractivity contribution is 7.97. The summed E-state index contributed by atoms with van der Waals surface area (Å²) >= 11 is 1.73. The minimum Gasteiger partial charge on any atom is -0.352 e. The van der Waals surface area contributed by atoms with Crippen molar-refractivity contribution in [2.24, 2.45) is 11.8 Å². The average molecular weight is 463 g/mol. The van der Waals surface area contributed by atoms with E-state index in [4.69, 9.17) is 4.98 Å². The van der Waals surface area contributed by atoms with Gasteiger partial charge in [-0.1, -0.05) is 0 Å². The Hall–Kier alpha value is -2.53. The molecule has 2 aromatic heterocycles. The number of amides is 1. The monoisotopic (exact) mass is 462 g/mol. The van der Waals surface area contributed by atoms with Gasteiger partial charge < -0.3 is 9.80 Å². The molecule has 6 rings (SSSR count). The number of nitriles is 1. The van der Waals surface area contributed by atoms with Gasteiger partial charge in [0.15, 0.2) is 0 Å². The zero-order valence-electron chi connectivity index (χ0n) is 19.1. The standard InChI is InChI=1S/C25H30N6OS/c1-33-15-30-13-20(12-27-30)21-10-19(11-26)24(28-23(21)17-4-5-17)29-8-9-31(25(32)18-6-7-18)22(14-29)16-2-3-16/h10,12-13,16-18,22H,2-9,14-15H2,1H3. The van der Waals surface area contributed by atoms with Gasteiger partial charge >= 0.3 is 0 Å². The Balaban J connectivity index is 1.32. The molecule has 2 aromatic rings. The Morgan fingerprint density at radius 2 is 2.03 bits per heavy atom. The van der Waals surface area contributed by atoms with Crippen molar-refractivity contribution in [3.63, 3.8) is 0 Å². The molecule has 3 aliphatic carbocycles. The smallest absolute Gasteiger partial charge is 0.226 e. The summed E-state index contributed by atoms with van der Waals surface area (Å²) in [5.41, 5.74) is 3.82. The molecule has 172 valence electrons. The molecular weight excluding hydrogens is 432 g/mol. The maximum atomic E-state index is 12.9. The molecule has 3 saturated carbocycles. The molecule has 0 N–H and O–H groups in total. The number of piperazine rings is 1. The molecule has 7 nitrogen and oxygen atoms in total. The van der Waals surface area contributed by atoms with Gasteiger partial charge in [-0.25, -0.2) is 4.98 Å². The summed E-state index contributed by atoms with van der Waals surface area (Å²) in [6, 6.07) is 4.72. The third-order valence-electron chi connectivity index (χ3n) is 7.42. The van der Waals surface area contributed by atoms with Crippen LogP contribution >= 0.6 is 11.8 Å². The van der Waals surface area contributed by atoms with Gasteiger partial charge in [-0.15, -0.1) is 11.8 Å². The van der Waals surface area contributed by atoms with Crippen molar-refractivity contribution in [3.8, 4) is 17.2 Å². The van der Waals surface area contributed by atoms with Crippen LogP contribution in [-0.4, -0.2) is 57.5 Å². The van der Waals surface area contributed by atoms with Crippen molar-refractivity contribution in [1.29, 1.82) is 5.26 Å². The lowest BCUT2D eigenvalue weighted by Gasteiger charge is -2.43. The molecule has 0 spiro atoms. The summed E-state index contributed by atoms with van der Waals surface area (Å²) in [4.78, 5) is 22.5. The predicted molar refractivity (Wildman–Crippen MR) is 129 cm³/mol. The number of pyridine rings is 1. The fraction of sp³-hybridized carbons (Fsp3) is 0.600. The summed E-state index contributed by atoms with van der Waals surface area (Å²) in [6.07, 6.45) is 12.8. The lowest BCUT2D eigenvalue weighted by Crippen LogP contribution is -2.57. The van der Waals surface area contributed by atoms with E-state index in [1.807, 2.05) is 16.9 Å². The van der Waals surface area contributed by atoms with Gasteiger partial charge in [-0.2, -0.15) is 10.4 Å². The Morgan fingerprint density at radius 1 is 1.21 bits per heavy atom. The van der Waals surface area contributed by atoms with Crippen molar-refractivity contribution in [2.45, 2.75) is 56.4 Å². The second-order valence-electron chi connectivity index (χ2n) is 10.0. The van der Waals surface area contributed by atoms with Crippen molar-refractivity contribution >= 4 is 23.5 Å². The molecular formula is C25H30N6OS. The fourth-order valence-corrected chi connectivity index (χ4v) is 5.58. The molecule has 0 radical (unpaired) electrons. The Labute approximate surface area is 199 Å². The normalized spacial score (nSPS) is 23.0. The number of aromatic nitrogens is 3. The van der Waals surface area contributed by atoms with Crippen molar-refractivity contribution in [2.75, 3.05) is 30.8 Å². The maximum Gasteiger partial charge on any atom is 0.226 e. The molecule has 0 aromatic carbocycles. The molecule has 1 atom stereocenters. The van der Waals surface area contributed by atoms with Crippen LogP contribution in [0.5, 0.6) is 0 Å². The summed E-state index contributed by atoms with van der Waals surface area (Å²) < 4.78 is 1.94. The lowest BCUT2D eigenvalue weighted by molar-refractivity contribution is -0.135. The van der Waals surface area contributed by atoms with E-state index in [0.717, 1.165) is 73.8 Å². The molecule has 8 heteroatoms. The number of carbonyl (C=O) groups is 1. The number of hydrogen-bond donors (Lipinski definition) is 0. The Morgan fingerprint density at radius 3 is 2.70 bits per heavy atom.